The SMILES string of the molecule is Cc1ccc([C@@H]2C3=C(C[C@H](c4ccccc4Cl)CC3=O)Nc3ccccc3N2C(=O)CCO)cc1. The summed E-state index contributed by atoms with van der Waals surface area (Å²) in [5.41, 5.74) is 5.76. The summed E-state index contributed by atoms with van der Waals surface area (Å²) in [7, 11) is 0. The number of benzene rings is 3. The van der Waals surface area contributed by atoms with Crippen LogP contribution in [0.3, 0.4) is 0 Å². The van der Waals surface area contributed by atoms with Crippen LogP contribution in [0.15, 0.2) is 84.1 Å². The number of carbonyl (C=O) groups is 2. The van der Waals surface area contributed by atoms with E-state index in [9.17, 15) is 14.7 Å². The molecule has 3 aromatic carbocycles. The van der Waals surface area contributed by atoms with Crippen molar-refractivity contribution in [2.24, 2.45) is 0 Å². The molecule has 0 saturated heterocycles. The first-order valence-electron chi connectivity index (χ1n) is 11.8. The van der Waals surface area contributed by atoms with E-state index in [4.69, 9.17) is 11.6 Å². The molecule has 6 heteroatoms. The van der Waals surface area contributed by atoms with Crippen LogP contribution in [0.25, 0.3) is 0 Å². The first-order chi connectivity index (χ1) is 17.0. The maximum absolute atomic E-state index is 13.9. The zero-order valence-corrected chi connectivity index (χ0v) is 20.3. The number of allylic oxidation sites excluding steroid dienone is 1. The summed E-state index contributed by atoms with van der Waals surface area (Å²) in [6.07, 6.45) is 0.879. The molecule has 0 bridgehead atoms. The standard InChI is InChI=1S/C29H27ClN2O3/c1-18-10-12-19(13-11-18)29-28-24(16-20(17-26(28)34)21-6-2-3-7-22(21)30)31-23-8-4-5-9-25(23)32(29)27(35)14-15-33/h2-13,20,29,31,33H,14-17H2,1H3/t20-,29+/m0/s1. The number of Topliss-reactive ketones (excluding diaryl/α,β-unsaturated/α-hetero) is 1. The third-order valence-electron chi connectivity index (χ3n) is 6.82. The third-order valence-corrected chi connectivity index (χ3v) is 7.17. The molecule has 0 unspecified atom stereocenters. The van der Waals surface area contributed by atoms with Gasteiger partial charge in [-0.3, -0.25) is 14.5 Å². The van der Waals surface area contributed by atoms with E-state index in [1.807, 2.05) is 79.7 Å². The van der Waals surface area contributed by atoms with Crippen LogP contribution in [0.2, 0.25) is 5.02 Å². The molecule has 1 aliphatic heterocycles. The van der Waals surface area contributed by atoms with E-state index >= 15 is 0 Å². The number of aryl methyl sites for hydroxylation is 1. The molecular formula is C29H27ClN2O3. The molecule has 0 aromatic heterocycles. The van der Waals surface area contributed by atoms with Crippen molar-refractivity contribution in [3.8, 4) is 0 Å². The van der Waals surface area contributed by atoms with E-state index in [1.165, 1.54) is 0 Å². The zero-order valence-electron chi connectivity index (χ0n) is 19.5. The maximum atomic E-state index is 13.9. The van der Waals surface area contributed by atoms with Crippen LogP contribution < -0.4 is 10.2 Å². The molecule has 1 heterocycles. The van der Waals surface area contributed by atoms with E-state index in [-0.39, 0.29) is 30.6 Å². The molecule has 2 atom stereocenters. The van der Waals surface area contributed by atoms with Gasteiger partial charge in [0.15, 0.2) is 5.78 Å². The normalized spacial score (nSPS) is 19.5. The van der Waals surface area contributed by atoms with Crippen molar-refractivity contribution in [2.45, 2.75) is 38.1 Å². The van der Waals surface area contributed by atoms with Gasteiger partial charge in [0.2, 0.25) is 5.91 Å². The summed E-state index contributed by atoms with van der Waals surface area (Å²) in [5, 5.41) is 13.8. The van der Waals surface area contributed by atoms with Gasteiger partial charge in [-0.15, -0.1) is 0 Å². The number of fused-ring (bicyclic) bond motifs is 1. The quantitative estimate of drug-likeness (QED) is 0.479. The Bertz CT molecular complexity index is 1320. The number of aliphatic hydroxyl groups is 1. The lowest BCUT2D eigenvalue weighted by Crippen LogP contribution is -2.38. The Labute approximate surface area is 210 Å². The Balaban J connectivity index is 1.71. The van der Waals surface area contributed by atoms with Crippen LogP contribution in [0.5, 0.6) is 0 Å². The fourth-order valence-corrected chi connectivity index (χ4v) is 5.46. The first-order valence-corrected chi connectivity index (χ1v) is 12.2. The smallest absolute Gasteiger partial charge is 0.230 e. The number of nitrogens with zero attached hydrogens (tertiary/aromatic N) is 1. The average Bonchev–Trinajstić information content (AvgIpc) is 2.99. The highest BCUT2D eigenvalue weighted by Crippen LogP contribution is 2.48. The summed E-state index contributed by atoms with van der Waals surface area (Å²) in [4.78, 5) is 29.0. The van der Waals surface area contributed by atoms with Crippen molar-refractivity contribution in [1.29, 1.82) is 0 Å². The molecule has 0 saturated carbocycles. The minimum absolute atomic E-state index is 0.0103. The van der Waals surface area contributed by atoms with E-state index in [2.05, 4.69) is 5.32 Å². The number of amides is 1. The molecule has 0 fully saturated rings. The largest absolute Gasteiger partial charge is 0.396 e. The number of aliphatic hydroxyl groups excluding tert-OH is 1. The molecular weight excluding hydrogens is 460 g/mol. The Morgan fingerprint density at radius 3 is 2.49 bits per heavy atom. The molecule has 0 spiro atoms. The molecule has 0 radical (unpaired) electrons. The fourth-order valence-electron chi connectivity index (χ4n) is 5.17. The molecule has 1 aliphatic carbocycles. The highest BCUT2D eigenvalue weighted by atomic mass is 35.5. The second-order valence-electron chi connectivity index (χ2n) is 9.13. The number of rotatable bonds is 4. The van der Waals surface area contributed by atoms with Gasteiger partial charge in [-0.05, 0) is 48.6 Å². The minimum atomic E-state index is -0.597. The molecule has 5 nitrogen and oxygen atoms in total. The lowest BCUT2D eigenvalue weighted by atomic mass is 9.78. The van der Waals surface area contributed by atoms with Gasteiger partial charge in [0.25, 0.3) is 0 Å². The number of anilines is 2. The molecule has 3 aromatic rings. The topological polar surface area (TPSA) is 69.6 Å². The van der Waals surface area contributed by atoms with Crippen LogP contribution in [0.1, 0.15) is 47.9 Å². The van der Waals surface area contributed by atoms with E-state index in [1.54, 1.807) is 4.90 Å². The first kappa shape index (κ1) is 23.3. The van der Waals surface area contributed by atoms with Crippen molar-refractivity contribution >= 4 is 34.7 Å². The lowest BCUT2D eigenvalue weighted by Gasteiger charge is -2.35. The van der Waals surface area contributed by atoms with Crippen LogP contribution in [-0.4, -0.2) is 23.4 Å². The highest BCUT2D eigenvalue weighted by Gasteiger charge is 2.41. The third kappa shape index (κ3) is 4.38. The van der Waals surface area contributed by atoms with Gasteiger partial charge >= 0.3 is 0 Å². The predicted molar refractivity (Wildman–Crippen MR) is 139 cm³/mol. The summed E-state index contributed by atoms with van der Waals surface area (Å²) >= 11 is 6.51. The van der Waals surface area contributed by atoms with Crippen LogP contribution in [0.4, 0.5) is 11.4 Å². The van der Waals surface area contributed by atoms with Crippen LogP contribution in [0, 0.1) is 6.92 Å². The average molecular weight is 487 g/mol. The summed E-state index contributed by atoms with van der Waals surface area (Å²) in [6.45, 7) is 1.74. The number of hydrogen-bond donors (Lipinski definition) is 2. The number of halogens is 1. The van der Waals surface area contributed by atoms with Gasteiger partial charge in [-0.25, -0.2) is 0 Å². The van der Waals surface area contributed by atoms with Gasteiger partial charge in [0, 0.05) is 22.7 Å². The molecule has 2 N–H and O–H groups in total. The number of carbonyl (C=O) groups excluding carboxylic acids is 2. The van der Waals surface area contributed by atoms with E-state index in [0.717, 1.165) is 28.1 Å². The van der Waals surface area contributed by atoms with Crippen molar-refractivity contribution in [1.82, 2.24) is 0 Å². The van der Waals surface area contributed by atoms with Gasteiger partial charge in [-0.1, -0.05) is 71.8 Å². The Morgan fingerprint density at radius 1 is 1.03 bits per heavy atom. The van der Waals surface area contributed by atoms with Crippen LogP contribution in [-0.2, 0) is 9.59 Å². The summed E-state index contributed by atoms with van der Waals surface area (Å²) < 4.78 is 0. The monoisotopic (exact) mass is 486 g/mol. The van der Waals surface area contributed by atoms with Crippen molar-refractivity contribution in [3.63, 3.8) is 0 Å². The molecule has 5 rings (SSSR count). The van der Waals surface area contributed by atoms with E-state index < -0.39 is 6.04 Å². The second-order valence-corrected chi connectivity index (χ2v) is 9.54. The fraction of sp³-hybridized carbons (Fsp3) is 0.241. The van der Waals surface area contributed by atoms with Crippen molar-refractivity contribution in [2.75, 3.05) is 16.8 Å². The number of nitrogens with one attached hydrogen (secondary N) is 1. The van der Waals surface area contributed by atoms with Crippen molar-refractivity contribution in [3.05, 3.63) is 106 Å². The minimum Gasteiger partial charge on any atom is -0.396 e. The second kappa shape index (κ2) is 9.68. The Morgan fingerprint density at radius 2 is 1.74 bits per heavy atom. The number of hydrogen-bond acceptors (Lipinski definition) is 4. The molecule has 1 amide bonds. The lowest BCUT2D eigenvalue weighted by molar-refractivity contribution is -0.119. The summed E-state index contributed by atoms with van der Waals surface area (Å²) in [5.74, 6) is -0.307. The van der Waals surface area contributed by atoms with Crippen molar-refractivity contribution < 1.29 is 14.7 Å². The molecule has 35 heavy (non-hydrogen) atoms. The number of ketones is 1. The highest BCUT2D eigenvalue weighted by molar-refractivity contribution is 6.31. The maximum Gasteiger partial charge on any atom is 0.230 e. The van der Waals surface area contributed by atoms with E-state index in [0.29, 0.717) is 29.1 Å². The molecule has 2 aliphatic rings. The van der Waals surface area contributed by atoms with Gasteiger partial charge < -0.3 is 10.4 Å². The zero-order chi connectivity index (χ0) is 24.5. The van der Waals surface area contributed by atoms with Gasteiger partial charge in [-0.2, -0.15) is 0 Å². The summed E-state index contributed by atoms with van der Waals surface area (Å²) in [6, 6.07) is 22.6. The van der Waals surface area contributed by atoms with Gasteiger partial charge in [0.1, 0.15) is 0 Å². The number of para-hydroxylation sites is 2. The Hall–Kier alpha value is -3.41. The molecule has 178 valence electrons. The van der Waals surface area contributed by atoms with Crippen LogP contribution >= 0.6 is 11.6 Å². The Kier molecular flexibility index (Phi) is 6.46. The predicted octanol–water partition coefficient (Wildman–Crippen LogP) is 5.93. The van der Waals surface area contributed by atoms with Gasteiger partial charge in [0.05, 0.1) is 30.4 Å².